The lowest BCUT2D eigenvalue weighted by Crippen LogP contribution is -2.75. The molecule has 1 aromatic rings. The molecule has 0 aromatic heterocycles. The van der Waals surface area contributed by atoms with E-state index < -0.39 is 5.72 Å². The molecule has 162 valence electrons. The van der Waals surface area contributed by atoms with Crippen LogP contribution in [-0.4, -0.2) is 60.3 Å². The fraction of sp³-hybridized carbons (Fsp3) is 0.696. The molecule has 0 unspecified atom stereocenters. The second kappa shape index (κ2) is 7.43. The molecule has 30 heavy (non-hydrogen) atoms. The van der Waals surface area contributed by atoms with Gasteiger partial charge >= 0.3 is 6.15 Å². The van der Waals surface area contributed by atoms with E-state index in [1.165, 1.54) is 11.3 Å². The minimum atomic E-state index is -0.500. The minimum Gasteiger partial charge on any atom is -0.393 e. The number of benzene rings is 1. The summed E-state index contributed by atoms with van der Waals surface area (Å²) >= 11 is 0. The van der Waals surface area contributed by atoms with Crippen molar-refractivity contribution >= 4 is 11.8 Å². The number of hydrogen-bond acceptors (Lipinski definition) is 7. The smallest absolute Gasteiger partial charge is 0.373 e. The number of nitrogens with zero attached hydrogens (tertiary/aromatic N) is 1. The van der Waals surface area contributed by atoms with Crippen LogP contribution in [0.4, 0.5) is 5.69 Å². The van der Waals surface area contributed by atoms with Crippen LogP contribution < -0.4 is 5.32 Å². The van der Waals surface area contributed by atoms with Crippen molar-refractivity contribution in [2.45, 2.75) is 56.1 Å². The number of aliphatic hydroxyl groups is 1. The Bertz CT molecular complexity index is 843. The van der Waals surface area contributed by atoms with Gasteiger partial charge < -0.3 is 19.9 Å². The van der Waals surface area contributed by atoms with Crippen molar-refractivity contribution in [2.24, 2.45) is 17.8 Å². The van der Waals surface area contributed by atoms with Crippen LogP contribution in [0.5, 0.6) is 0 Å². The molecule has 4 heterocycles. The molecule has 1 saturated carbocycles. The van der Waals surface area contributed by atoms with Gasteiger partial charge in [0.1, 0.15) is 5.60 Å². The molecular weight excluding hydrogens is 384 g/mol. The van der Waals surface area contributed by atoms with E-state index in [1.54, 1.807) is 0 Å². The predicted molar refractivity (Wildman–Crippen MR) is 107 cm³/mol. The van der Waals surface area contributed by atoms with Crippen LogP contribution in [-0.2, 0) is 24.7 Å². The van der Waals surface area contributed by atoms with Crippen molar-refractivity contribution in [3.05, 3.63) is 29.8 Å². The molecule has 1 aliphatic carbocycles. The van der Waals surface area contributed by atoms with Gasteiger partial charge in [-0.2, -0.15) is 9.59 Å². The Balaban J connectivity index is 0.000000609. The first-order valence-corrected chi connectivity index (χ1v) is 11.1. The molecule has 7 atom stereocenters. The quantitative estimate of drug-likeness (QED) is 0.671. The molecule has 0 bridgehead atoms. The molecule has 6 rings (SSSR count). The number of rotatable bonds is 0. The SMILES string of the molecule is C[C@@H]1[C@H]2C[C@@H]3N(CC[C@@]45OCCO[C@@]34Nc3ccccc35)C[C@@H]2CC[C@@H]1O.O=C=O. The van der Waals surface area contributed by atoms with E-state index in [0.717, 1.165) is 38.8 Å². The second-order valence-electron chi connectivity index (χ2n) is 9.44. The summed E-state index contributed by atoms with van der Waals surface area (Å²) in [5.41, 5.74) is 1.55. The van der Waals surface area contributed by atoms with Gasteiger partial charge in [-0.1, -0.05) is 25.1 Å². The number of fused-ring (bicyclic) bond motifs is 3. The van der Waals surface area contributed by atoms with Crippen LogP contribution in [0, 0.1) is 17.8 Å². The Morgan fingerprint density at radius 3 is 2.80 bits per heavy atom. The van der Waals surface area contributed by atoms with Crippen LogP contribution in [0.2, 0.25) is 0 Å². The molecule has 0 spiro atoms. The van der Waals surface area contributed by atoms with Crippen molar-refractivity contribution < 1.29 is 24.2 Å². The molecular formula is C23H30N2O5. The highest BCUT2D eigenvalue weighted by atomic mass is 16.6. The zero-order chi connectivity index (χ0) is 20.9. The van der Waals surface area contributed by atoms with Crippen LogP contribution in [0.3, 0.4) is 0 Å². The lowest BCUT2D eigenvalue weighted by atomic mass is 9.62. The molecule has 4 fully saturated rings. The topological polar surface area (TPSA) is 88.1 Å². The van der Waals surface area contributed by atoms with Gasteiger partial charge in [0.2, 0.25) is 0 Å². The average molecular weight is 415 g/mol. The Labute approximate surface area is 176 Å². The highest BCUT2D eigenvalue weighted by Gasteiger charge is 2.69. The summed E-state index contributed by atoms with van der Waals surface area (Å²) in [5.74, 6) is 1.64. The first kappa shape index (κ1) is 20.2. The summed E-state index contributed by atoms with van der Waals surface area (Å²) in [7, 11) is 0. The van der Waals surface area contributed by atoms with Gasteiger partial charge in [-0.3, -0.25) is 4.90 Å². The van der Waals surface area contributed by atoms with Gasteiger partial charge in [0.15, 0.2) is 5.72 Å². The maximum absolute atomic E-state index is 10.5. The van der Waals surface area contributed by atoms with Crippen LogP contribution >= 0.6 is 0 Å². The minimum absolute atomic E-state index is 0.152. The third-order valence-electron chi connectivity index (χ3n) is 8.39. The van der Waals surface area contributed by atoms with E-state index in [4.69, 9.17) is 19.1 Å². The molecule has 0 radical (unpaired) electrons. The molecule has 7 heteroatoms. The van der Waals surface area contributed by atoms with Crippen LogP contribution in [0.1, 0.15) is 38.2 Å². The number of hydrogen-bond donors (Lipinski definition) is 2. The van der Waals surface area contributed by atoms with Crippen LogP contribution in [0.15, 0.2) is 24.3 Å². The number of anilines is 1. The fourth-order valence-electron chi connectivity index (χ4n) is 7.06. The van der Waals surface area contributed by atoms with Gasteiger partial charge in [0.25, 0.3) is 0 Å². The van der Waals surface area contributed by atoms with E-state index in [1.807, 2.05) is 0 Å². The van der Waals surface area contributed by atoms with E-state index in [0.29, 0.717) is 31.0 Å². The number of nitrogens with one attached hydrogen (secondary N) is 1. The Hall–Kier alpha value is -1.76. The molecule has 3 saturated heterocycles. The maximum Gasteiger partial charge on any atom is 0.373 e. The van der Waals surface area contributed by atoms with Gasteiger partial charge in [0.05, 0.1) is 25.4 Å². The normalized spacial score (nSPS) is 43.9. The van der Waals surface area contributed by atoms with E-state index in [9.17, 15) is 5.11 Å². The Kier molecular flexibility index (Phi) is 4.99. The molecule has 0 amide bonds. The average Bonchev–Trinajstić information content (AvgIpc) is 3.08. The molecule has 5 aliphatic rings. The number of aliphatic hydroxyl groups excluding tert-OH is 1. The van der Waals surface area contributed by atoms with E-state index >= 15 is 0 Å². The van der Waals surface area contributed by atoms with Gasteiger partial charge in [0, 0.05) is 24.3 Å². The van der Waals surface area contributed by atoms with Crippen molar-refractivity contribution in [2.75, 3.05) is 31.6 Å². The molecule has 7 nitrogen and oxygen atoms in total. The lowest BCUT2D eigenvalue weighted by molar-refractivity contribution is -0.300. The standard InChI is InChI=1S/C22H30N2O3.CO2/c1-14-16-12-20-22-21(26-10-11-27-22,17-4-2-3-5-18(17)23-22)8-9-24(20)13-15(16)6-7-19(14)25;2-1-3/h2-5,14-16,19-20,23,25H,6-13H2,1H3;/t14-,15+,16-,19+,20+,21+,22+;/m1./s1. The lowest BCUT2D eigenvalue weighted by Gasteiger charge is -2.62. The van der Waals surface area contributed by atoms with Gasteiger partial charge in [-0.25, -0.2) is 0 Å². The van der Waals surface area contributed by atoms with Crippen molar-refractivity contribution in [1.29, 1.82) is 0 Å². The highest BCUT2D eigenvalue weighted by molar-refractivity contribution is 5.64. The summed E-state index contributed by atoms with van der Waals surface area (Å²) in [6, 6.07) is 8.88. The fourth-order valence-corrected chi connectivity index (χ4v) is 7.06. The molecule has 1 aromatic carbocycles. The zero-order valence-electron chi connectivity index (χ0n) is 17.4. The van der Waals surface area contributed by atoms with Crippen molar-refractivity contribution in [3.8, 4) is 0 Å². The summed E-state index contributed by atoms with van der Waals surface area (Å²) in [4.78, 5) is 18.9. The largest absolute Gasteiger partial charge is 0.393 e. The summed E-state index contributed by atoms with van der Waals surface area (Å²) < 4.78 is 13.2. The van der Waals surface area contributed by atoms with E-state index in [-0.39, 0.29) is 23.9 Å². The Morgan fingerprint density at radius 1 is 1.20 bits per heavy atom. The maximum atomic E-state index is 10.5. The zero-order valence-corrected chi connectivity index (χ0v) is 17.4. The number of carbonyl (C=O) groups excluding carboxylic acids is 2. The second-order valence-corrected chi connectivity index (χ2v) is 9.44. The summed E-state index contributed by atoms with van der Waals surface area (Å²) in [6.45, 7) is 5.74. The molecule has 2 N–H and O–H groups in total. The Morgan fingerprint density at radius 2 is 1.97 bits per heavy atom. The van der Waals surface area contributed by atoms with Crippen molar-refractivity contribution in [3.63, 3.8) is 0 Å². The highest BCUT2D eigenvalue weighted by Crippen LogP contribution is 2.60. The number of ether oxygens (including phenoxy) is 2. The predicted octanol–water partition coefficient (Wildman–Crippen LogP) is 1.97. The van der Waals surface area contributed by atoms with Crippen molar-refractivity contribution in [1.82, 2.24) is 4.90 Å². The third kappa shape index (κ3) is 2.66. The number of para-hydroxylation sites is 1. The summed E-state index contributed by atoms with van der Waals surface area (Å²) in [5, 5.41) is 14.3. The molecule has 4 aliphatic heterocycles. The van der Waals surface area contributed by atoms with Gasteiger partial charge in [-0.15, -0.1) is 0 Å². The monoisotopic (exact) mass is 414 g/mol. The number of piperidine rings is 2. The van der Waals surface area contributed by atoms with Gasteiger partial charge in [-0.05, 0) is 49.5 Å². The first-order chi connectivity index (χ1) is 14.6. The summed E-state index contributed by atoms with van der Waals surface area (Å²) in [6.07, 6.45) is 4.26. The van der Waals surface area contributed by atoms with Crippen LogP contribution in [0.25, 0.3) is 0 Å². The van der Waals surface area contributed by atoms with E-state index in [2.05, 4.69) is 41.4 Å². The first-order valence-electron chi connectivity index (χ1n) is 11.1. The third-order valence-corrected chi connectivity index (χ3v) is 8.39.